The number of hydrogen-bond donors (Lipinski definition) is 0. The first-order valence-corrected chi connectivity index (χ1v) is 9.76. The van der Waals surface area contributed by atoms with E-state index in [1.165, 1.54) is 0 Å². The van der Waals surface area contributed by atoms with Crippen molar-refractivity contribution in [3.05, 3.63) is 24.3 Å². The van der Waals surface area contributed by atoms with Crippen molar-refractivity contribution in [2.75, 3.05) is 27.4 Å². The van der Waals surface area contributed by atoms with Crippen molar-refractivity contribution in [1.29, 1.82) is 0 Å². The molecule has 7 heteroatoms. The summed E-state index contributed by atoms with van der Waals surface area (Å²) in [5.74, 6) is -0.780. The lowest BCUT2D eigenvalue weighted by atomic mass is 10.4. The van der Waals surface area contributed by atoms with E-state index in [-0.39, 0.29) is 11.9 Å². The van der Waals surface area contributed by atoms with E-state index in [0.29, 0.717) is 49.3 Å². The lowest BCUT2D eigenvalue weighted by Gasteiger charge is -2.27. The third-order valence-corrected chi connectivity index (χ3v) is 7.03. The molecule has 0 unspecified atom stereocenters. The van der Waals surface area contributed by atoms with Crippen molar-refractivity contribution in [3.63, 3.8) is 0 Å². The maximum atomic E-state index is 11.3. The van der Waals surface area contributed by atoms with Crippen LogP contribution in [-0.4, -0.2) is 47.9 Å². The van der Waals surface area contributed by atoms with E-state index >= 15 is 0 Å². The smallest absolute Gasteiger partial charge is 0.337 e. The molecular weight excluding hydrogens is 316 g/mol. The Morgan fingerprint density at radius 1 is 0.826 bits per heavy atom. The summed E-state index contributed by atoms with van der Waals surface area (Å²) < 4.78 is 21.3. The molecule has 0 bridgehead atoms. The second-order valence-electron chi connectivity index (χ2n) is 5.36. The van der Waals surface area contributed by atoms with Crippen molar-refractivity contribution in [2.24, 2.45) is 0 Å². The SMILES string of the molecule is C=C(C)C(=O)OCCC[Si](CCCOC(=O)C(=C)C)(OC)OC. The molecular formula is C16H28O6Si. The van der Waals surface area contributed by atoms with Gasteiger partial charge in [-0.1, -0.05) is 13.2 Å². The average molecular weight is 344 g/mol. The van der Waals surface area contributed by atoms with Crippen LogP contribution in [-0.2, 0) is 27.9 Å². The summed E-state index contributed by atoms with van der Waals surface area (Å²) in [6.07, 6.45) is 1.30. The standard InChI is InChI=1S/C16H28O6Si/c1-13(2)15(17)21-9-7-11-23(19-5,20-6)12-8-10-22-16(18)14(3)4/h1,3,7-12H2,2,4-6H3. The van der Waals surface area contributed by atoms with E-state index in [1.54, 1.807) is 28.1 Å². The van der Waals surface area contributed by atoms with Gasteiger partial charge in [-0.25, -0.2) is 9.59 Å². The highest BCUT2D eigenvalue weighted by Gasteiger charge is 2.34. The zero-order chi connectivity index (χ0) is 17.9. The van der Waals surface area contributed by atoms with Gasteiger partial charge < -0.3 is 18.3 Å². The third-order valence-electron chi connectivity index (χ3n) is 3.31. The van der Waals surface area contributed by atoms with Crippen LogP contribution in [0.5, 0.6) is 0 Å². The minimum atomic E-state index is -2.37. The second kappa shape index (κ2) is 11.1. The molecule has 0 atom stereocenters. The van der Waals surface area contributed by atoms with E-state index < -0.39 is 8.56 Å². The van der Waals surface area contributed by atoms with Gasteiger partial charge in [0.2, 0.25) is 0 Å². The predicted octanol–water partition coefficient (Wildman–Crippen LogP) is 2.74. The van der Waals surface area contributed by atoms with Crippen molar-refractivity contribution >= 4 is 20.5 Å². The summed E-state index contributed by atoms with van der Waals surface area (Å²) in [7, 11) is 0.872. The molecule has 6 nitrogen and oxygen atoms in total. The van der Waals surface area contributed by atoms with Crippen molar-refractivity contribution < 1.29 is 27.9 Å². The van der Waals surface area contributed by atoms with Gasteiger partial charge in [-0.3, -0.25) is 0 Å². The molecule has 23 heavy (non-hydrogen) atoms. The molecule has 0 N–H and O–H groups in total. The summed E-state index contributed by atoms with van der Waals surface area (Å²) in [4.78, 5) is 22.6. The normalized spacial score (nSPS) is 11.0. The Bertz CT molecular complexity index is 392. The molecule has 132 valence electrons. The largest absolute Gasteiger partial charge is 0.462 e. The molecule has 0 aromatic heterocycles. The Balaban J connectivity index is 4.19. The number of hydrogen-bond acceptors (Lipinski definition) is 6. The van der Waals surface area contributed by atoms with Crippen LogP contribution in [0.1, 0.15) is 26.7 Å². The van der Waals surface area contributed by atoms with Gasteiger partial charge >= 0.3 is 20.5 Å². The summed E-state index contributed by atoms with van der Waals surface area (Å²) >= 11 is 0. The molecule has 0 aliphatic rings. The van der Waals surface area contributed by atoms with Gasteiger partial charge in [-0.05, 0) is 38.8 Å². The van der Waals surface area contributed by atoms with Crippen molar-refractivity contribution in [3.8, 4) is 0 Å². The summed E-state index contributed by atoms with van der Waals surface area (Å²) in [5, 5.41) is 0. The highest BCUT2D eigenvalue weighted by molar-refractivity contribution is 6.67. The van der Waals surface area contributed by atoms with Crippen LogP contribution < -0.4 is 0 Å². The molecule has 0 radical (unpaired) electrons. The molecule has 0 heterocycles. The fourth-order valence-electron chi connectivity index (χ4n) is 1.88. The number of carbonyl (C=O) groups is 2. The summed E-state index contributed by atoms with van der Waals surface area (Å²) in [6.45, 7) is 10.9. The van der Waals surface area contributed by atoms with Crippen LogP contribution in [0.3, 0.4) is 0 Å². The number of rotatable bonds is 12. The van der Waals surface area contributed by atoms with Crippen molar-refractivity contribution in [2.45, 2.75) is 38.8 Å². The van der Waals surface area contributed by atoms with Gasteiger partial charge in [-0.2, -0.15) is 0 Å². The Morgan fingerprint density at radius 2 is 1.17 bits per heavy atom. The van der Waals surface area contributed by atoms with E-state index in [2.05, 4.69) is 13.2 Å². The molecule has 0 saturated heterocycles. The van der Waals surface area contributed by atoms with Gasteiger partial charge in [0.15, 0.2) is 0 Å². The van der Waals surface area contributed by atoms with Crippen molar-refractivity contribution in [1.82, 2.24) is 0 Å². The topological polar surface area (TPSA) is 71.1 Å². The Hall–Kier alpha value is -1.44. The van der Waals surface area contributed by atoms with Gasteiger partial charge in [0.25, 0.3) is 0 Å². The second-order valence-corrected chi connectivity index (χ2v) is 9.00. The average Bonchev–Trinajstić information content (AvgIpc) is 2.52. The minimum absolute atomic E-state index is 0.303. The molecule has 0 aliphatic heterocycles. The predicted molar refractivity (Wildman–Crippen MR) is 90.2 cm³/mol. The Labute approximate surface area is 139 Å². The zero-order valence-corrected chi connectivity index (χ0v) is 15.6. The van der Waals surface area contributed by atoms with Gasteiger partial charge in [0, 0.05) is 25.4 Å². The Kier molecular flexibility index (Phi) is 10.4. The van der Waals surface area contributed by atoms with Crippen LogP contribution in [0, 0.1) is 0 Å². The molecule has 0 saturated carbocycles. The van der Waals surface area contributed by atoms with Crippen LogP contribution in [0.15, 0.2) is 24.3 Å². The first-order valence-electron chi connectivity index (χ1n) is 7.53. The molecule has 0 spiro atoms. The van der Waals surface area contributed by atoms with Crippen LogP contribution in [0.4, 0.5) is 0 Å². The van der Waals surface area contributed by atoms with Gasteiger partial charge in [0.05, 0.1) is 13.2 Å². The summed E-state index contributed by atoms with van der Waals surface area (Å²) in [6, 6.07) is 1.38. The molecule has 0 aromatic rings. The molecule has 0 aromatic carbocycles. The maximum absolute atomic E-state index is 11.3. The van der Waals surface area contributed by atoms with Crippen LogP contribution >= 0.6 is 0 Å². The third kappa shape index (κ3) is 8.68. The van der Waals surface area contributed by atoms with Crippen LogP contribution in [0.2, 0.25) is 12.1 Å². The fraction of sp³-hybridized carbons (Fsp3) is 0.625. The number of carbonyl (C=O) groups excluding carboxylic acids is 2. The molecule has 0 fully saturated rings. The molecule has 0 amide bonds. The number of ether oxygens (including phenoxy) is 2. The fourth-order valence-corrected chi connectivity index (χ4v) is 4.47. The van der Waals surface area contributed by atoms with E-state index in [0.717, 1.165) is 0 Å². The van der Waals surface area contributed by atoms with E-state index in [4.69, 9.17) is 18.3 Å². The number of esters is 2. The highest BCUT2D eigenvalue weighted by Crippen LogP contribution is 2.21. The maximum Gasteiger partial charge on any atom is 0.337 e. The first kappa shape index (κ1) is 21.6. The quantitative estimate of drug-likeness (QED) is 0.235. The monoisotopic (exact) mass is 344 g/mol. The minimum Gasteiger partial charge on any atom is -0.462 e. The lowest BCUT2D eigenvalue weighted by Crippen LogP contribution is -2.40. The Morgan fingerprint density at radius 3 is 1.43 bits per heavy atom. The lowest BCUT2D eigenvalue weighted by molar-refractivity contribution is -0.139. The van der Waals surface area contributed by atoms with E-state index in [9.17, 15) is 9.59 Å². The van der Waals surface area contributed by atoms with Gasteiger partial charge in [-0.15, -0.1) is 0 Å². The van der Waals surface area contributed by atoms with E-state index in [1.807, 2.05) is 0 Å². The molecule has 0 rings (SSSR count). The highest BCUT2D eigenvalue weighted by atomic mass is 28.4. The van der Waals surface area contributed by atoms with Crippen LogP contribution in [0.25, 0.3) is 0 Å². The first-order chi connectivity index (χ1) is 10.8. The zero-order valence-electron chi connectivity index (χ0n) is 14.6. The molecule has 0 aliphatic carbocycles. The van der Waals surface area contributed by atoms with Gasteiger partial charge in [0.1, 0.15) is 0 Å². The summed E-state index contributed by atoms with van der Waals surface area (Å²) in [5.41, 5.74) is 0.762.